The third-order valence-electron chi connectivity index (χ3n) is 3.32. The average molecular weight is 243 g/mol. The second-order valence-corrected chi connectivity index (χ2v) is 4.68. The number of nitrogens with zero attached hydrogens (tertiary/aromatic N) is 1. The Morgan fingerprint density at radius 2 is 1.94 bits per heavy atom. The highest BCUT2D eigenvalue weighted by Crippen LogP contribution is 2.21. The fourth-order valence-corrected chi connectivity index (χ4v) is 2.22. The van der Waals surface area contributed by atoms with E-state index < -0.39 is 0 Å². The molecular weight excluding hydrogens is 218 g/mol. The number of rotatable bonds is 7. The summed E-state index contributed by atoms with van der Waals surface area (Å²) in [7, 11) is 2.13. The van der Waals surface area contributed by atoms with Crippen molar-refractivity contribution in [3.05, 3.63) is 0 Å². The van der Waals surface area contributed by atoms with Crippen LogP contribution >= 0.6 is 0 Å². The molecule has 0 heterocycles. The Labute approximate surface area is 104 Å². The molecule has 5 nitrogen and oxygen atoms in total. The van der Waals surface area contributed by atoms with Gasteiger partial charge in [0, 0.05) is 32.3 Å². The lowest BCUT2D eigenvalue weighted by molar-refractivity contribution is 0.227. The van der Waals surface area contributed by atoms with Crippen molar-refractivity contribution in [1.82, 2.24) is 15.5 Å². The molecule has 0 spiro atoms. The Balaban J connectivity index is 2.00. The summed E-state index contributed by atoms with van der Waals surface area (Å²) in [6, 6.07) is 0.563. The van der Waals surface area contributed by atoms with Gasteiger partial charge in [0.2, 0.25) is 0 Å². The smallest absolute Gasteiger partial charge is 0.314 e. The third kappa shape index (κ3) is 5.89. The van der Waals surface area contributed by atoms with Crippen molar-refractivity contribution in [2.75, 3.05) is 33.3 Å². The Hall–Kier alpha value is -0.810. The first kappa shape index (κ1) is 14.3. The van der Waals surface area contributed by atoms with Gasteiger partial charge < -0.3 is 20.6 Å². The Morgan fingerprint density at radius 1 is 1.29 bits per heavy atom. The minimum absolute atomic E-state index is 0.116. The highest BCUT2D eigenvalue weighted by molar-refractivity contribution is 5.73. The number of amides is 2. The molecule has 0 aromatic rings. The second kappa shape index (κ2) is 8.31. The van der Waals surface area contributed by atoms with E-state index in [0.29, 0.717) is 25.6 Å². The number of nitrogens with one attached hydrogen (secondary N) is 2. The van der Waals surface area contributed by atoms with Gasteiger partial charge in [-0.05, 0) is 26.3 Å². The Morgan fingerprint density at radius 3 is 2.59 bits per heavy atom. The monoisotopic (exact) mass is 243 g/mol. The number of urea groups is 1. The van der Waals surface area contributed by atoms with Crippen molar-refractivity contribution in [1.29, 1.82) is 0 Å². The highest BCUT2D eigenvalue weighted by atomic mass is 16.3. The van der Waals surface area contributed by atoms with Crippen LogP contribution in [0.25, 0.3) is 0 Å². The van der Waals surface area contributed by atoms with Crippen LogP contribution in [-0.4, -0.2) is 55.4 Å². The van der Waals surface area contributed by atoms with Gasteiger partial charge in [0.05, 0.1) is 0 Å². The lowest BCUT2D eigenvalue weighted by Crippen LogP contribution is -2.41. The maximum Gasteiger partial charge on any atom is 0.314 e. The molecule has 17 heavy (non-hydrogen) atoms. The topological polar surface area (TPSA) is 64.6 Å². The Kier molecular flexibility index (Phi) is 6.96. The van der Waals surface area contributed by atoms with Gasteiger partial charge in [0.1, 0.15) is 0 Å². The van der Waals surface area contributed by atoms with Crippen LogP contribution in [0.1, 0.15) is 32.1 Å². The summed E-state index contributed by atoms with van der Waals surface area (Å²) in [4.78, 5) is 13.6. The van der Waals surface area contributed by atoms with Crippen LogP contribution in [0.4, 0.5) is 4.79 Å². The van der Waals surface area contributed by atoms with E-state index in [1.165, 1.54) is 25.7 Å². The normalized spacial score (nSPS) is 16.4. The zero-order valence-corrected chi connectivity index (χ0v) is 10.7. The van der Waals surface area contributed by atoms with Crippen molar-refractivity contribution in [3.8, 4) is 0 Å². The van der Waals surface area contributed by atoms with Crippen LogP contribution in [0.3, 0.4) is 0 Å². The maximum absolute atomic E-state index is 11.3. The predicted molar refractivity (Wildman–Crippen MR) is 68.0 cm³/mol. The van der Waals surface area contributed by atoms with Gasteiger partial charge in [-0.3, -0.25) is 0 Å². The first-order valence-electron chi connectivity index (χ1n) is 6.57. The molecule has 1 aliphatic rings. The largest absolute Gasteiger partial charge is 0.396 e. The number of hydrogen-bond acceptors (Lipinski definition) is 3. The molecule has 0 radical (unpaired) electrons. The molecular formula is C12H25N3O2. The lowest BCUT2D eigenvalue weighted by atomic mass is 10.2. The van der Waals surface area contributed by atoms with E-state index in [2.05, 4.69) is 22.6 Å². The van der Waals surface area contributed by atoms with Crippen LogP contribution in [0.2, 0.25) is 0 Å². The van der Waals surface area contributed by atoms with Crippen molar-refractivity contribution in [2.45, 2.75) is 38.1 Å². The Bertz CT molecular complexity index is 218. The van der Waals surface area contributed by atoms with Crippen LogP contribution in [0.5, 0.6) is 0 Å². The number of aliphatic hydroxyl groups excluding tert-OH is 1. The molecule has 0 aromatic heterocycles. The summed E-state index contributed by atoms with van der Waals surface area (Å²) in [6.45, 7) is 2.22. The van der Waals surface area contributed by atoms with Crippen LogP contribution in [0.15, 0.2) is 0 Å². The van der Waals surface area contributed by atoms with Gasteiger partial charge in [0.15, 0.2) is 0 Å². The van der Waals surface area contributed by atoms with E-state index in [1.54, 1.807) is 0 Å². The quantitative estimate of drug-likeness (QED) is 0.572. The van der Waals surface area contributed by atoms with Gasteiger partial charge in [-0.2, -0.15) is 0 Å². The average Bonchev–Trinajstić information content (AvgIpc) is 2.82. The number of likely N-dealkylation sites (N-methyl/N-ethyl adjacent to an activating group) is 1. The van der Waals surface area contributed by atoms with E-state index >= 15 is 0 Å². The summed E-state index contributed by atoms with van der Waals surface area (Å²) in [5.41, 5.74) is 0. The first-order chi connectivity index (χ1) is 8.24. The fraction of sp³-hybridized carbons (Fsp3) is 0.917. The number of aliphatic hydroxyl groups is 1. The molecule has 5 heteroatoms. The zero-order valence-electron chi connectivity index (χ0n) is 10.7. The maximum atomic E-state index is 11.3. The van der Waals surface area contributed by atoms with Crippen LogP contribution in [-0.2, 0) is 0 Å². The van der Waals surface area contributed by atoms with E-state index in [-0.39, 0.29) is 12.6 Å². The van der Waals surface area contributed by atoms with Crippen molar-refractivity contribution in [3.63, 3.8) is 0 Å². The molecule has 1 aliphatic carbocycles. The molecule has 100 valence electrons. The van der Waals surface area contributed by atoms with Gasteiger partial charge in [-0.1, -0.05) is 12.8 Å². The van der Waals surface area contributed by atoms with Crippen molar-refractivity contribution >= 4 is 6.03 Å². The standard InChI is InChI=1S/C12H25N3O2/c1-15(11-5-2-3-6-11)9-8-14-12(17)13-7-4-10-16/h11,16H,2-10H2,1H3,(H2,13,14,17). The molecule has 1 saturated carbocycles. The van der Waals surface area contributed by atoms with Crippen molar-refractivity contribution in [2.24, 2.45) is 0 Å². The predicted octanol–water partition coefficient (Wildman–Crippen LogP) is 0.542. The molecule has 0 aromatic carbocycles. The van der Waals surface area contributed by atoms with Gasteiger partial charge in [-0.25, -0.2) is 4.79 Å². The van der Waals surface area contributed by atoms with E-state index in [1.807, 2.05) is 0 Å². The molecule has 0 atom stereocenters. The van der Waals surface area contributed by atoms with E-state index in [4.69, 9.17) is 5.11 Å². The fourth-order valence-electron chi connectivity index (χ4n) is 2.22. The zero-order chi connectivity index (χ0) is 12.5. The summed E-state index contributed by atoms with van der Waals surface area (Å²) in [6.07, 6.45) is 5.86. The number of carbonyl (C=O) groups is 1. The summed E-state index contributed by atoms with van der Waals surface area (Å²) >= 11 is 0. The number of hydrogen-bond donors (Lipinski definition) is 3. The molecule has 3 N–H and O–H groups in total. The number of carbonyl (C=O) groups excluding carboxylic acids is 1. The molecule has 1 rings (SSSR count). The summed E-state index contributed by atoms with van der Waals surface area (Å²) in [5.74, 6) is 0. The summed E-state index contributed by atoms with van der Waals surface area (Å²) < 4.78 is 0. The lowest BCUT2D eigenvalue weighted by Gasteiger charge is -2.23. The van der Waals surface area contributed by atoms with E-state index in [0.717, 1.165) is 6.54 Å². The van der Waals surface area contributed by atoms with Gasteiger partial charge in [0.25, 0.3) is 0 Å². The molecule has 0 unspecified atom stereocenters. The molecule has 2 amide bonds. The van der Waals surface area contributed by atoms with Gasteiger partial charge >= 0.3 is 6.03 Å². The molecule has 0 bridgehead atoms. The first-order valence-corrected chi connectivity index (χ1v) is 6.57. The minimum Gasteiger partial charge on any atom is -0.396 e. The molecule has 0 saturated heterocycles. The van der Waals surface area contributed by atoms with Crippen LogP contribution < -0.4 is 10.6 Å². The molecule has 0 aliphatic heterocycles. The van der Waals surface area contributed by atoms with Crippen LogP contribution in [0, 0.1) is 0 Å². The molecule has 1 fully saturated rings. The second-order valence-electron chi connectivity index (χ2n) is 4.68. The van der Waals surface area contributed by atoms with E-state index in [9.17, 15) is 4.79 Å². The van der Waals surface area contributed by atoms with Gasteiger partial charge in [-0.15, -0.1) is 0 Å². The SMILES string of the molecule is CN(CCNC(=O)NCCCO)C1CCCC1. The summed E-state index contributed by atoms with van der Waals surface area (Å²) in [5, 5.41) is 14.1. The van der Waals surface area contributed by atoms with Crippen molar-refractivity contribution < 1.29 is 9.90 Å². The highest BCUT2D eigenvalue weighted by Gasteiger charge is 2.18. The third-order valence-corrected chi connectivity index (χ3v) is 3.32. The minimum atomic E-state index is -0.140.